The molecule has 0 fully saturated rings. The lowest BCUT2D eigenvalue weighted by Crippen LogP contribution is -2.24. The van der Waals surface area contributed by atoms with Crippen LogP contribution in [-0.4, -0.2) is 14.5 Å². The predicted octanol–water partition coefficient (Wildman–Crippen LogP) is 9.73. The normalized spacial score (nSPS) is 14.2. The average Bonchev–Trinajstić information content (AvgIpc) is 3.38. The van der Waals surface area contributed by atoms with Gasteiger partial charge in [-0.2, -0.15) is 0 Å². The monoisotopic (exact) mass is 561 g/mol. The van der Waals surface area contributed by atoms with Crippen molar-refractivity contribution in [1.29, 1.82) is 0 Å². The fourth-order valence-electron chi connectivity index (χ4n) is 6.44. The number of fused-ring (bicyclic) bond motifs is 5. The van der Waals surface area contributed by atoms with E-state index in [-0.39, 0.29) is 5.41 Å². The summed E-state index contributed by atoms with van der Waals surface area (Å²) in [6, 6.07) is 37.6. The number of alkyl halides is 1. The number of benzene rings is 4. The SMILES string of the molecule is CC1(C)c2ccccc2Oc2cc3c4cccnc4n(-c4cccc(C(F)c5cccc(-c6ccccn6)c5)c4)c3cc21. The van der Waals surface area contributed by atoms with Crippen molar-refractivity contribution in [2.24, 2.45) is 0 Å². The molecule has 0 N–H and O–H groups in total. The molecule has 0 saturated heterocycles. The number of ether oxygens (including phenoxy) is 1. The van der Waals surface area contributed by atoms with Gasteiger partial charge in [-0.1, -0.05) is 68.4 Å². The first-order valence-electron chi connectivity index (χ1n) is 14.5. The largest absolute Gasteiger partial charge is 0.457 e. The molecular weight excluding hydrogens is 533 g/mol. The van der Waals surface area contributed by atoms with Gasteiger partial charge in [0.15, 0.2) is 6.17 Å². The lowest BCUT2D eigenvalue weighted by Gasteiger charge is -2.34. The van der Waals surface area contributed by atoms with Crippen molar-refractivity contribution in [3.8, 4) is 28.4 Å². The first kappa shape index (κ1) is 25.4. The summed E-state index contributed by atoms with van der Waals surface area (Å²) in [5, 5.41) is 2.06. The molecule has 0 aliphatic carbocycles. The van der Waals surface area contributed by atoms with Gasteiger partial charge in [-0.15, -0.1) is 0 Å². The molecule has 1 aliphatic rings. The highest BCUT2D eigenvalue weighted by molar-refractivity contribution is 6.09. The lowest BCUT2D eigenvalue weighted by molar-refractivity contribution is 0.402. The van der Waals surface area contributed by atoms with Gasteiger partial charge >= 0.3 is 0 Å². The van der Waals surface area contributed by atoms with Gasteiger partial charge in [0, 0.05) is 51.0 Å². The topological polar surface area (TPSA) is 39.9 Å². The first-order chi connectivity index (χ1) is 21.0. The van der Waals surface area contributed by atoms with E-state index in [0.717, 1.165) is 61.5 Å². The number of aromatic nitrogens is 3. The van der Waals surface area contributed by atoms with Crippen molar-refractivity contribution in [2.45, 2.75) is 25.4 Å². The van der Waals surface area contributed by atoms with Crippen molar-refractivity contribution < 1.29 is 9.13 Å². The molecule has 1 unspecified atom stereocenters. The Morgan fingerprint density at radius 3 is 2.33 bits per heavy atom. The second kappa shape index (κ2) is 9.63. The van der Waals surface area contributed by atoms with Crippen molar-refractivity contribution in [3.05, 3.63) is 150 Å². The highest BCUT2D eigenvalue weighted by Crippen LogP contribution is 2.50. The Balaban J connectivity index is 1.28. The van der Waals surface area contributed by atoms with E-state index in [4.69, 9.17) is 9.72 Å². The van der Waals surface area contributed by atoms with E-state index in [1.807, 2.05) is 84.9 Å². The first-order valence-corrected chi connectivity index (χ1v) is 14.5. The van der Waals surface area contributed by atoms with Crippen molar-refractivity contribution in [2.75, 3.05) is 0 Å². The fraction of sp³-hybridized carbons (Fsp3) is 0.105. The molecular formula is C38H28FN3O. The van der Waals surface area contributed by atoms with Gasteiger partial charge in [0.25, 0.3) is 0 Å². The minimum atomic E-state index is -1.30. The molecule has 0 bridgehead atoms. The number of pyridine rings is 2. The third-order valence-corrected chi connectivity index (χ3v) is 8.64. The molecule has 8 rings (SSSR count). The Labute approximate surface area is 249 Å². The molecule has 0 saturated carbocycles. The van der Waals surface area contributed by atoms with Crippen molar-refractivity contribution in [1.82, 2.24) is 14.5 Å². The molecule has 1 atom stereocenters. The summed E-state index contributed by atoms with van der Waals surface area (Å²) in [6.45, 7) is 4.47. The Kier molecular flexibility index (Phi) is 5.70. The predicted molar refractivity (Wildman–Crippen MR) is 170 cm³/mol. The zero-order valence-corrected chi connectivity index (χ0v) is 23.8. The maximum Gasteiger partial charge on any atom is 0.150 e. The van der Waals surface area contributed by atoms with Gasteiger partial charge in [-0.25, -0.2) is 9.37 Å². The summed E-state index contributed by atoms with van der Waals surface area (Å²) in [7, 11) is 0. The molecule has 4 nitrogen and oxygen atoms in total. The van der Waals surface area contributed by atoms with Crippen LogP contribution in [0.3, 0.4) is 0 Å². The van der Waals surface area contributed by atoms with Crippen molar-refractivity contribution in [3.63, 3.8) is 0 Å². The number of nitrogens with zero attached hydrogens (tertiary/aromatic N) is 3. The molecule has 43 heavy (non-hydrogen) atoms. The van der Waals surface area contributed by atoms with Crippen molar-refractivity contribution >= 4 is 21.9 Å². The molecule has 7 aromatic rings. The zero-order valence-electron chi connectivity index (χ0n) is 23.8. The van der Waals surface area contributed by atoms with Crippen LogP contribution in [0.4, 0.5) is 4.39 Å². The molecule has 0 radical (unpaired) electrons. The van der Waals surface area contributed by atoms with E-state index in [1.54, 1.807) is 12.4 Å². The van der Waals surface area contributed by atoms with Crippen LogP contribution in [0, 0.1) is 0 Å². The third-order valence-electron chi connectivity index (χ3n) is 8.64. The summed E-state index contributed by atoms with van der Waals surface area (Å²) in [5.74, 6) is 1.74. The second-order valence-electron chi connectivity index (χ2n) is 11.6. The molecule has 0 amide bonds. The highest BCUT2D eigenvalue weighted by Gasteiger charge is 2.35. The van der Waals surface area contributed by atoms with Gasteiger partial charge in [-0.05, 0) is 71.8 Å². The molecule has 0 spiro atoms. The fourth-order valence-corrected chi connectivity index (χ4v) is 6.44. The molecule has 3 aromatic heterocycles. The number of halogens is 1. The van der Waals surface area contributed by atoms with Gasteiger partial charge in [0.1, 0.15) is 17.1 Å². The van der Waals surface area contributed by atoms with Gasteiger partial charge < -0.3 is 4.74 Å². The van der Waals surface area contributed by atoms with Crippen LogP contribution >= 0.6 is 0 Å². The Morgan fingerprint density at radius 1 is 0.674 bits per heavy atom. The quantitative estimate of drug-likeness (QED) is 0.215. The molecule has 4 aromatic carbocycles. The van der Waals surface area contributed by atoms with Crippen LogP contribution in [0.5, 0.6) is 11.5 Å². The molecule has 1 aliphatic heterocycles. The van der Waals surface area contributed by atoms with Crippen LogP contribution in [0.1, 0.15) is 42.3 Å². The van der Waals surface area contributed by atoms with Crippen LogP contribution in [0.25, 0.3) is 38.9 Å². The van der Waals surface area contributed by atoms with Crippen LogP contribution < -0.4 is 4.74 Å². The summed E-state index contributed by atoms with van der Waals surface area (Å²) in [6.07, 6.45) is 2.25. The van der Waals surface area contributed by atoms with Crippen LogP contribution in [-0.2, 0) is 5.41 Å². The van der Waals surface area contributed by atoms with Crippen LogP contribution in [0.2, 0.25) is 0 Å². The standard InChI is InChI=1S/C38H28FN3O/c1-38(2)30-15-3-4-17-34(30)43-35-22-29-28-14-9-19-41-37(28)42(33(29)23-31(35)38)27-13-8-12-26(21-27)36(39)25-11-7-10-24(20-25)32-16-5-6-18-40-32/h3-23,36H,1-2H3. The van der Waals surface area contributed by atoms with E-state index in [0.29, 0.717) is 11.1 Å². The molecule has 5 heteroatoms. The van der Waals surface area contributed by atoms with Gasteiger partial charge in [0.2, 0.25) is 0 Å². The number of para-hydroxylation sites is 1. The van der Waals surface area contributed by atoms with Crippen LogP contribution in [0.15, 0.2) is 128 Å². The summed E-state index contributed by atoms with van der Waals surface area (Å²) in [5.41, 5.74) is 7.55. The maximum atomic E-state index is 16.2. The molecule has 4 heterocycles. The van der Waals surface area contributed by atoms with E-state index >= 15 is 4.39 Å². The average molecular weight is 562 g/mol. The Hall–Kier alpha value is -5.29. The Morgan fingerprint density at radius 2 is 1.47 bits per heavy atom. The van der Waals surface area contributed by atoms with Gasteiger partial charge in [0.05, 0.1) is 11.2 Å². The molecule has 208 valence electrons. The van der Waals surface area contributed by atoms with E-state index in [9.17, 15) is 0 Å². The summed E-state index contributed by atoms with van der Waals surface area (Å²) >= 11 is 0. The summed E-state index contributed by atoms with van der Waals surface area (Å²) < 4.78 is 24.8. The van der Waals surface area contributed by atoms with E-state index in [2.05, 4.69) is 53.7 Å². The minimum absolute atomic E-state index is 0.266. The second-order valence-corrected chi connectivity index (χ2v) is 11.6. The zero-order chi connectivity index (χ0) is 29.1. The highest BCUT2D eigenvalue weighted by atomic mass is 19.1. The number of hydrogen-bond acceptors (Lipinski definition) is 3. The number of rotatable bonds is 4. The van der Waals surface area contributed by atoms with E-state index < -0.39 is 6.17 Å². The third kappa shape index (κ3) is 4.03. The maximum absolute atomic E-state index is 16.2. The van der Waals surface area contributed by atoms with E-state index in [1.165, 1.54) is 0 Å². The Bertz CT molecular complexity index is 2170. The summed E-state index contributed by atoms with van der Waals surface area (Å²) in [4.78, 5) is 9.24. The minimum Gasteiger partial charge on any atom is -0.457 e. The van der Waals surface area contributed by atoms with Gasteiger partial charge in [-0.3, -0.25) is 9.55 Å². The lowest BCUT2D eigenvalue weighted by atomic mass is 9.75. The smallest absolute Gasteiger partial charge is 0.150 e. The number of hydrogen-bond donors (Lipinski definition) is 0.